The summed E-state index contributed by atoms with van der Waals surface area (Å²) in [6.45, 7) is 8.43. The van der Waals surface area contributed by atoms with Gasteiger partial charge < -0.3 is 10.2 Å². The number of carbonyl (C=O) groups is 2. The number of rotatable bonds is 7. The number of amides is 2. The molecule has 1 N–H and O–H groups in total. The van der Waals surface area contributed by atoms with Crippen LogP contribution in [0.25, 0.3) is 0 Å². The average Bonchev–Trinajstić information content (AvgIpc) is 2.63. The summed E-state index contributed by atoms with van der Waals surface area (Å²) in [6.07, 6.45) is 0.252. The zero-order valence-electron chi connectivity index (χ0n) is 16.4. The summed E-state index contributed by atoms with van der Waals surface area (Å²) in [5.41, 5.74) is 3.98. The first-order valence-electron chi connectivity index (χ1n) is 9.20. The van der Waals surface area contributed by atoms with Crippen molar-refractivity contribution >= 4 is 23.4 Å². The maximum Gasteiger partial charge on any atom is 0.242 e. The molecule has 5 heteroatoms. The molecular formula is C22H27ClN2O2. The molecule has 0 radical (unpaired) electrons. The zero-order chi connectivity index (χ0) is 20.0. The highest BCUT2D eigenvalue weighted by Gasteiger charge is 2.26. The van der Waals surface area contributed by atoms with E-state index in [-0.39, 0.29) is 18.2 Å². The van der Waals surface area contributed by atoms with Crippen LogP contribution in [-0.2, 0) is 22.6 Å². The van der Waals surface area contributed by atoms with Crippen molar-refractivity contribution in [1.82, 2.24) is 10.2 Å². The Morgan fingerprint density at radius 2 is 1.81 bits per heavy atom. The SMILES string of the molecule is CCNC(=O)C(C)N(Cc1ccccc1Cl)C(=O)Cc1cc(C)ccc1C. The van der Waals surface area contributed by atoms with E-state index < -0.39 is 6.04 Å². The van der Waals surface area contributed by atoms with Crippen molar-refractivity contribution in [2.45, 2.75) is 46.7 Å². The third-order valence-electron chi connectivity index (χ3n) is 4.66. The summed E-state index contributed by atoms with van der Waals surface area (Å²) in [5.74, 6) is -0.263. The number of carbonyl (C=O) groups excluding carboxylic acids is 2. The van der Waals surface area contributed by atoms with Crippen molar-refractivity contribution in [2.75, 3.05) is 6.54 Å². The molecule has 0 aliphatic carbocycles. The van der Waals surface area contributed by atoms with Crippen molar-refractivity contribution in [2.24, 2.45) is 0 Å². The van der Waals surface area contributed by atoms with Crippen LogP contribution >= 0.6 is 11.6 Å². The first kappa shape index (κ1) is 21.0. The Bertz CT molecular complexity index is 820. The lowest BCUT2D eigenvalue weighted by Crippen LogP contribution is -2.48. The molecule has 0 aromatic heterocycles. The molecule has 0 bridgehead atoms. The van der Waals surface area contributed by atoms with Gasteiger partial charge in [0, 0.05) is 18.1 Å². The van der Waals surface area contributed by atoms with Crippen LogP contribution in [0.1, 0.15) is 36.1 Å². The van der Waals surface area contributed by atoms with E-state index in [1.54, 1.807) is 17.9 Å². The second kappa shape index (κ2) is 9.56. The lowest BCUT2D eigenvalue weighted by molar-refractivity contribution is -0.140. The molecule has 2 aromatic rings. The first-order chi connectivity index (χ1) is 12.8. The van der Waals surface area contributed by atoms with E-state index in [0.717, 1.165) is 22.3 Å². The van der Waals surface area contributed by atoms with E-state index in [4.69, 9.17) is 11.6 Å². The molecule has 4 nitrogen and oxygen atoms in total. The van der Waals surface area contributed by atoms with Crippen LogP contribution in [0.15, 0.2) is 42.5 Å². The highest BCUT2D eigenvalue weighted by molar-refractivity contribution is 6.31. The van der Waals surface area contributed by atoms with E-state index in [0.29, 0.717) is 18.1 Å². The third kappa shape index (κ3) is 5.57. The molecule has 0 saturated heterocycles. The van der Waals surface area contributed by atoms with E-state index in [2.05, 4.69) is 5.32 Å². The van der Waals surface area contributed by atoms with Crippen LogP contribution in [0.4, 0.5) is 0 Å². The van der Waals surface area contributed by atoms with E-state index >= 15 is 0 Å². The van der Waals surface area contributed by atoms with Gasteiger partial charge in [-0.15, -0.1) is 0 Å². The molecular weight excluding hydrogens is 360 g/mol. The van der Waals surface area contributed by atoms with Gasteiger partial charge in [0.1, 0.15) is 6.04 Å². The Morgan fingerprint density at radius 3 is 2.48 bits per heavy atom. The van der Waals surface area contributed by atoms with Crippen LogP contribution in [0.5, 0.6) is 0 Å². The molecule has 2 amide bonds. The molecule has 27 heavy (non-hydrogen) atoms. The summed E-state index contributed by atoms with van der Waals surface area (Å²) in [5, 5.41) is 3.39. The van der Waals surface area contributed by atoms with Gasteiger partial charge in [-0.1, -0.05) is 53.6 Å². The lowest BCUT2D eigenvalue weighted by Gasteiger charge is -2.29. The first-order valence-corrected chi connectivity index (χ1v) is 9.58. The highest BCUT2D eigenvalue weighted by atomic mass is 35.5. The minimum absolute atomic E-state index is 0.0950. The zero-order valence-corrected chi connectivity index (χ0v) is 17.1. The number of likely N-dealkylation sites (N-methyl/N-ethyl adjacent to an activating group) is 1. The van der Waals surface area contributed by atoms with Crippen molar-refractivity contribution in [3.05, 3.63) is 69.7 Å². The highest BCUT2D eigenvalue weighted by Crippen LogP contribution is 2.20. The predicted molar refractivity (Wildman–Crippen MR) is 110 cm³/mol. The molecule has 0 heterocycles. The lowest BCUT2D eigenvalue weighted by atomic mass is 10.0. The number of nitrogens with zero attached hydrogens (tertiary/aromatic N) is 1. The number of hydrogen-bond acceptors (Lipinski definition) is 2. The Hall–Kier alpha value is -2.33. The fourth-order valence-corrected chi connectivity index (χ4v) is 3.17. The van der Waals surface area contributed by atoms with E-state index in [9.17, 15) is 9.59 Å². The summed E-state index contributed by atoms with van der Waals surface area (Å²) < 4.78 is 0. The molecule has 2 aromatic carbocycles. The number of halogens is 1. The Morgan fingerprint density at radius 1 is 1.11 bits per heavy atom. The fraction of sp³-hybridized carbons (Fsp3) is 0.364. The minimum Gasteiger partial charge on any atom is -0.355 e. The van der Waals surface area contributed by atoms with Gasteiger partial charge in [0.05, 0.1) is 6.42 Å². The predicted octanol–water partition coefficient (Wildman–Crippen LogP) is 4.05. The maximum absolute atomic E-state index is 13.1. The summed E-state index contributed by atoms with van der Waals surface area (Å²) in [6, 6.07) is 12.9. The van der Waals surface area contributed by atoms with Gasteiger partial charge >= 0.3 is 0 Å². The number of hydrogen-bond donors (Lipinski definition) is 1. The normalized spacial score (nSPS) is 11.7. The smallest absolute Gasteiger partial charge is 0.242 e. The maximum atomic E-state index is 13.1. The topological polar surface area (TPSA) is 49.4 Å². The van der Waals surface area contributed by atoms with E-state index in [1.165, 1.54) is 0 Å². The van der Waals surface area contributed by atoms with Crippen LogP contribution in [-0.4, -0.2) is 29.3 Å². The summed E-state index contributed by atoms with van der Waals surface area (Å²) in [7, 11) is 0. The van der Waals surface area contributed by atoms with E-state index in [1.807, 2.05) is 57.2 Å². The molecule has 0 spiro atoms. The monoisotopic (exact) mass is 386 g/mol. The standard InChI is InChI=1S/C22H27ClN2O2/c1-5-24-22(27)17(4)25(14-18-8-6-7-9-20(18)23)21(26)13-19-12-15(2)10-11-16(19)3/h6-12,17H,5,13-14H2,1-4H3,(H,24,27). The van der Waals surface area contributed by atoms with Crippen molar-refractivity contribution in [3.8, 4) is 0 Å². The number of aryl methyl sites for hydroxylation is 2. The Kier molecular flexibility index (Phi) is 7.43. The second-order valence-electron chi connectivity index (χ2n) is 6.79. The molecule has 2 rings (SSSR count). The third-order valence-corrected chi connectivity index (χ3v) is 5.03. The van der Waals surface area contributed by atoms with Gasteiger partial charge in [0.15, 0.2) is 0 Å². The van der Waals surface area contributed by atoms with Crippen LogP contribution in [0.3, 0.4) is 0 Å². The van der Waals surface area contributed by atoms with Gasteiger partial charge in [-0.2, -0.15) is 0 Å². The summed E-state index contributed by atoms with van der Waals surface area (Å²) >= 11 is 6.29. The molecule has 1 unspecified atom stereocenters. The number of nitrogens with one attached hydrogen (secondary N) is 1. The average molecular weight is 387 g/mol. The molecule has 144 valence electrons. The van der Waals surface area contributed by atoms with Gasteiger partial charge in [0.2, 0.25) is 11.8 Å². The molecule has 0 fully saturated rings. The van der Waals surface area contributed by atoms with Gasteiger partial charge in [-0.3, -0.25) is 9.59 Å². The minimum atomic E-state index is -0.584. The molecule has 0 aliphatic rings. The van der Waals surface area contributed by atoms with Crippen LogP contribution < -0.4 is 5.32 Å². The Balaban J connectivity index is 2.30. The van der Waals surface area contributed by atoms with Crippen molar-refractivity contribution in [1.29, 1.82) is 0 Å². The fourth-order valence-electron chi connectivity index (χ4n) is 2.97. The molecule has 1 atom stereocenters. The van der Waals surface area contributed by atoms with Gasteiger partial charge in [0.25, 0.3) is 0 Å². The molecule has 0 saturated carbocycles. The van der Waals surface area contributed by atoms with Gasteiger partial charge in [-0.05, 0) is 50.5 Å². The largest absolute Gasteiger partial charge is 0.355 e. The second-order valence-corrected chi connectivity index (χ2v) is 7.20. The Labute approximate surface area is 166 Å². The van der Waals surface area contributed by atoms with Gasteiger partial charge in [-0.25, -0.2) is 0 Å². The molecule has 0 aliphatic heterocycles. The van der Waals surface area contributed by atoms with Crippen molar-refractivity contribution in [3.63, 3.8) is 0 Å². The van der Waals surface area contributed by atoms with Crippen molar-refractivity contribution < 1.29 is 9.59 Å². The number of benzene rings is 2. The van der Waals surface area contributed by atoms with Crippen LogP contribution in [0.2, 0.25) is 5.02 Å². The van der Waals surface area contributed by atoms with Crippen LogP contribution in [0, 0.1) is 13.8 Å². The quantitative estimate of drug-likeness (QED) is 0.780. The summed E-state index contributed by atoms with van der Waals surface area (Å²) in [4.78, 5) is 27.1.